The van der Waals surface area contributed by atoms with E-state index in [4.69, 9.17) is 11.0 Å². The van der Waals surface area contributed by atoms with Crippen molar-refractivity contribution in [3.8, 4) is 0 Å². The van der Waals surface area contributed by atoms with Gasteiger partial charge >= 0.3 is 0 Å². The molecule has 1 aromatic heterocycles. The van der Waals surface area contributed by atoms with Gasteiger partial charge in [0, 0.05) is 6.42 Å². The standard InChI is InChI=1S/C8H8NO/c1-2-3-4-5-8-9-6-7-10-8/h1-4,6-7H,5H2. The molecule has 0 bridgehead atoms. The highest BCUT2D eigenvalue weighted by Crippen LogP contribution is 1.95. The minimum absolute atomic E-state index is 0.695. The van der Waals surface area contributed by atoms with E-state index in [1.807, 2.05) is 6.08 Å². The largest absolute Gasteiger partial charge is 0.449 e. The molecule has 0 aliphatic heterocycles. The summed E-state index contributed by atoms with van der Waals surface area (Å²) in [4.78, 5) is 3.92. The van der Waals surface area contributed by atoms with E-state index in [0.717, 1.165) is 0 Å². The number of hydrogen-bond donors (Lipinski definition) is 0. The second-order valence-corrected chi connectivity index (χ2v) is 1.75. The maximum absolute atomic E-state index is 5.11. The van der Waals surface area contributed by atoms with E-state index in [0.29, 0.717) is 12.3 Å². The monoisotopic (exact) mass is 134 g/mol. The van der Waals surface area contributed by atoms with Crippen LogP contribution in [0.2, 0.25) is 0 Å². The van der Waals surface area contributed by atoms with E-state index < -0.39 is 0 Å². The third-order valence-electron chi connectivity index (χ3n) is 1.02. The highest BCUT2D eigenvalue weighted by Gasteiger charge is 1.89. The number of allylic oxidation sites excluding steroid dienone is 3. The van der Waals surface area contributed by atoms with Gasteiger partial charge in [-0.3, -0.25) is 0 Å². The first-order chi connectivity index (χ1) is 4.93. The van der Waals surface area contributed by atoms with Crippen molar-refractivity contribution in [2.45, 2.75) is 6.42 Å². The molecule has 0 aromatic carbocycles. The Labute approximate surface area is 59.9 Å². The number of oxazole rings is 1. The fourth-order valence-electron chi connectivity index (χ4n) is 0.601. The number of nitrogens with zero attached hydrogens (tertiary/aromatic N) is 1. The summed E-state index contributed by atoms with van der Waals surface area (Å²) in [6, 6.07) is 0. The van der Waals surface area contributed by atoms with Crippen molar-refractivity contribution in [3.63, 3.8) is 0 Å². The summed E-state index contributed by atoms with van der Waals surface area (Å²) in [5, 5.41) is 0. The Morgan fingerprint density at radius 3 is 3.20 bits per heavy atom. The number of rotatable bonds is 3. The van der Waals surface area contributed by atoms with Crippen LogP contribution >= 0.6 is 0 Å². The fourth-order valence-corrected chi connectivity index (χ4v) is 0.601. The van der Waals surface area contributed by atoms with Crippen molar-refractivity contribution in [3.05, 3.63) is 43.2 Å². The summed E-state index contributed by atoms with van der Waals surface area (Å²) < 4.78 is 4.96. The Kier molecular flexibility index (Phi) is 2.49. The van der Waals surface area contributed by atoms with E-state index >= 15 is 0 Å². The molecule has 1 aromatic rings. The molecule has 1 rings (SSSR count). The van der Waals surface area contributed by atoms with Gasteiger partial charge in [-0.05, 0) is 0 Å². The van der Waals surface area contributed by atoms with Crippen LogP contribution in [0.4, 0.5) is 0 Å². The lowest BCUT2D eigenvalue weighted by Crippen LogP contribution is -1.76. The van der Waals surface area contributed by atoms with E-state index in [-0.39, 0.29) is 0 Å². The van der Waals surface area contributed by atoms with Crippen molar-refractivity contribution < 1.29 is 4.42 Å². The first kappa shape index (κ1) is 6.81. The lowest BCUT2D eigenvalue weighted by atomic mass is 10.4. The van der Waals surface area contributed by atoms with Gasteiger partial charge in [-0.25, -0.2) is 4.98 Å². The van der Waals surface area contributed by atoms with Crippen LogP contribution in [0.5, 0.6) is 0 Å². The molecular formula is C8H8NO. The van der Waals surface area contributed by atoms with Crippen molar-refractivity contribution >= 4 is 0 Å². The van der Waals surface area contributed by atoms with E-state index in [9.17, 15) is 0 Å². The Morgan fingerprint density at radius 2 is 2.60 bits per heavy atom. The summed E-state index contributed by atoms with van der Waals surface area (Å²) in [6.45, 7) is 5.11. The molecular weight excluding hydrogens is 126 g/mol. The van der Waals surface area contributed by atoms with Crippen molar-refractivity contribution in [1.82, 2.24) is 4.98 Å². The van der Waals surface area contributed by atoms with Gasteiger partial charge in [0.05, 0.1) is 6.20 Å². The predicted molar refractivity (Wildman–Crippen MR) is 38.2 cm³/mol. The third-order valence-corrected chi connectivity index (χ3v) is 1.02. The Balaban J connectivity index is 2.41. The molecule has 0 atom stereocenters. The average molecular weight is 134 g/mol. The molecule has 0 unspecified atom stereocenters. The minimum Gasteiger partial charge on any atom is -0.449 e. The maximum atomic E-state index is 5.11. The second kappa shape index (κ2) is 3.67. The van der Waals surface area contributed by atoms with E-state index in [1.54, 1.807) is 18.5 Å². The van der Waals surface area contributed by atoms with Crippen molar-refractivity contribution in [1.29, 1.82) is 0 Å². The summed E-state index contributed by atoms with van der Waals surface area (Å²) in [5.74, 6) is 0.707. The lowest BCUT2D eigenvalue weighted by molar-refractivity contribution is 0.509. The summed E-state index contributed by atoms with van der Waals surface area (Å²) in [6.07, 6.45) is 8.98. The first-order valence-corrected chi connectivity index (χ1v) is 3.02. The summed E-state index contributed by atoms with van der Waals surface area (Å²) in [7, 11) is 0. The minimum atomic E-state index is 0.695. The van der Waals surface area contributed by atoms with Crippen molar-refractivity contribution in [2.75, 3.05) is 0 Å². The van der Waals surface area contributed by atoms with Gasteiger partial charge in [0.1, 0.15) is 6.26 Å². The van der Waals surface area contributed by atoms with E-state index in [1.165, 1.54) is 6.08 Å². The van der Waals surface area contributed by atoms with Gasteiger partial charge < -0.3 is 4.42 Å². The van der Waals surface area contributed by atoms with Crippen LogP contribution in [-0.4, -0.2) is 4.98 Å². The Hall–Kier alpha value is -1.31. The van der Waals surface area contributed by atoms with Crippen LogP contribution in [0, 0.1) is 6.58 Å². The van der Waals surface area contributed by atoms with Crippen LogP contribution in [0.3, 0.4) is 0 Å². The molecule has 0 aliphatic rings. The molecule has 1 heterocycles. The smallest absolute Gasteiger partial charge is 0.197 e. The van der Waals surface area contributed by atoms with Gasteiger partial charge in [0.15, 0.2) is 5.89 Å². The molecule has 0 spiro atoms. The lowest BCUT2D eigenvalue weighted by Gasteiger charge is -1.82. The summed E-state index contributed by atoms with van der Waals surface area (Å²) in [5.41, 5.74) is 0. The van der Waals surface area contributed by atoms with Crippen LogP contribution in [0.1, 0.15) is 5.89 Å². The quantitative estimate of drug-likeness (QED) is 0.589. The zero-order valence-corrected chi connectivity index (χ0v) is 5.53. The highest BCUT2D eigenvalue weighted by atomic mass is 16.3. The third kappa shape index (κ3) is 1.90. The van der Waals surface area contributed by atoms with Gasteiger partial charge in [-0.1, -0.05) is 24.8 Å². The summed E-state index contributed by atoms with van der Waals surface area (Å²) >= 11 is 0. The molecule has 0 saturated heterocycles. The van der Waals surface area contributed by atoms with Crippen LogP contribution in [-0.2, 0) is 6.42 Å². The highest BCUT2D eigenvalue weighted by molar-refractivity contribution is 5.00. The molecule has 0 saturated carbocycles. The zero-order valence-electron chi connectivity index (χ0n) is 5.53. The van der Waals surface area contributed by atoms with Gasteiger partial charge in [0.25, 0.3) is 0 Å². The van der Waals surface area contributed by atoms with E-state index in [2.05, 4.69) is 4.98 Å². The van der Waals surface area contributed by atoms with Crippen LogP contribution in [0.15, 0.2) is 35.1 Å². The Morgan fingerprint density at radius 1 is 1.70 bits per heavy atom. The molecule has 0 aliphatic carbocycles. The van der Waals surface area contributed by atoms with Crippen LogP contribution < -0.4 is 0 Å². The molecule has 2 nitrogen and oxygen atoms in total. The Bertz CT molecular complexity index is 211. The molecule has 2 heteroatoms. The predicted octanol–water partition coefficient (Wildman–Crippen LogP) is 1.76. The molecule has 10 heavy (non-hydrogen) atoms. The molecule has 0 fully saturated rings. The molecule has 0 N–H and O–H groups in total. The van der Waals surface area contributed by atoms with Gasteiger partial charge in [-0.15, -0.1) is 0 Å². The average Bonchev–Trinajstić information content (AvgIpc) is 2.41. The normalized spacial score (nSPS) is 10.4. The van der Waals surface area contributed by atoms with Gasteiger partial charge in [0.2, 0.25) is 0 Å². The molecule has 1 radical (unpaired) electrons. The fraction of sp³-hybridized carbons (Fsp3) is 0.125. The zero-order chi connectivity index (χ0) is 7.23. The number of aromatic nitrogens is 1. The topological polar surface area (TPSA) is 26.0 Å². The molecule has 51 valence electrons. The second-order valence-electron chi connectivity index (χ2n) is 1.75. The maximum Gasteiger partial charge on any atom is 0.197 e. The molecule has 0 amide bonds. The number of hydrogen-bond acceptors (Lipinski definition) is 2. The van der Waals surface area contributed by atoms with Crippen LogP contribution in [0.25, 0.3) is 0 Å². The van der Waals surface area contributed by atoms with Crippen molar-refractivity contribution in [2.24, 2.45) is 0 Å². The first-order valence-electron chi connectivity index (χ1n) is 3.02. The van der Waals surface area contributed by atoms with Gasteiger partial charge in [-0.2, -0.15) is 0 Å². The SMILES string of the molecule is [CH]=CC=CCc1ncco1.